The van der Waals surface area contributed by atoms with E-state index in [2.05, 4.69) is 5.32 Å². The number of hydrogen-bond donors (Lipinski definition) is 1. The van der Waals surface area contributed by atoms with Crippen molar-refractivity contribution in [1.29, 1.82) is 0 Å². The minimum absolute atomic E-state index is 0.0475. The maximum absolute atomic E-state index is 13.3. The Kier molecular flexibility index (Phi) is 3.39. The monoisotopic (exact) mass is 333 g/mol. The van der Waals surface area contributed by atoms with Crippen LogP contribution in [0.25, 0.3) is 0 Å². The summed E-state index contributed by atoms with van der Waals surface area (Å²) in [5.74, 6) is 0.414. The first kappa shape index (κ1) is 14.7. The second-order valence-electron chi connectivity index (χ2n) is 5.93. The topological polar surface area (TPSA) is 55.4 Å². The van der Waals surface area contributed by atoms with Crippen molar-refractivity contribution in [3.8, 4) is 5.75 Å². The molecule has 2 unspecified atom stereocenters. The van der Waals surface area contributed by atoms with Crippen LogP contribution < -0.4 is 10.1 Å². The molecular formula is C17H16FNO3S. The molecule has 2 atom stereocenters. The average Bonchev–Trinajstić information content (AvgIpc) is 3.03. The molecule has 1 saturated heterocycles. The van der Waals surface area contributed by atoms with Crippen LogP contribution >= 0.6 is 0 Å². The molecule has 0 amide bonds. The van der Waals surface area contributed by atoms with Crippen LogP contribution in [0.2, 0.25) is 0 Å². The average molecular weight is 333 g/mol. The van der Waals surface area contributed by atoms with Gasteiger partial charge in [-0.1, -0.05) is 12.1 Å². The Balaban J connectivity index is 1.76. The van der Waals surface area contributed by atoms with Gasteiger partial charge in [-0.2, -0.15) is 0 Å². The van der Waals surface area contributed by atoms with E-state index in [0.29, 0.717) is 24.3 Å². The molecule has 0 aromatic heterocycles. The van der Waals surface area contributed by atoms with Crippen molar-refractivity contribution in [3.63, 3.8) is 0 Å². The van der Waals surface area contributed by atoms with Crippen molar-refractivity contribution in [3.05, 3.63) is 53.8 Å². The maximum atomic E-state index is 13.3. The number of rotatable bonds is 2. The Morgan fingerprint density at radius 1 is 1.13 bits per heavy atom. The molecule has 1 fully saturated rings. The van der Waals surface area contributed by atoms with Crippen molar-refractivity contribution < 1.29 is 17.5 Å². The van der Waals surface area contributed by atoms with Crippen molar-refractivity contribution in [1.82, 2.24) is 5.32 Å². The lowest BCUT2D eigenvalue weighted by molar-refractivity contribution is 0.238. The van der Waals surface area contributed by atoms with Gasteiger partial charge in [0, 0.05) is 12.0 Å². The van der Waals surface area contributed by atoms with Gasteiger partial charge in [0.1, 0.15) is 18.2 Å². The van der Waals surface area contributed by atoms with Crippen molar-refractivity contribution in [2.24, 2.45) is 0 Å². The quantitative estimate of drug-likeness (QED) is 0.917. The smallest absolute Gasteiger partial charge is 0.206 e. The Morgan fingerprint density at radius 3 is 2.78 bits per heavy atom. The Labute approximate surface area is 134 Å². The molecule has 2 aromatic rings. The van der Waals surface area contributed by atoms with Gasteiger partial charge in [-0.3, -0.25) is 0 Å². The molecular weight excluding hydrogens is 317 g/mol. The van der Waals surface area contributed by atoms with Crippen LogP contribution in [0.3, 0.4) is 0 Å². The fraction of sp³-hybridized carbons (Fsp3) is 0.294. The van der Waals surface area contributed by atoms with Gasteiger partial charge in [0.05, 0.1) is 9.79 Å². The van der Waals surface area contributed by atoms with Gasteiger partial charge < -0.3 is 10.1 Å². The molecule has 2 aliphatic heterocycles. The summed E-state index contributed by atoms with van der Waals surface area (Å²) in [6.07, 6.45) is 1.02. The Morgan fingerprint density at radius 2 is 1.96 bits per heavy atom. The highest BCUT2D eigenvalue weighted by Crippen LogP contribution is 2.40. The highest BCUT2D eigenvalue weighted by atomic mass is 32.2. The first-order valence-electron chi connectivity index (χ1n) is 7.56. The molecule has 0 saturated carbocycles. The highest BCUT2D eigenvalue weighted by Gasteiger charge is 2.35. The summed E-state index contributed by atoms with van der Waals surface area (Å²) < 4.78 is 44.4. The minimum Gasteiger partial charge on any atom is -0.492 e. The SMILES string of the molecule is O=S(=O)(c1cccc(F)c1)c1ccc2c(c1)OCC1NCCC21. The molecule has 0 radical (unpaired) electrons. The summed E-state index contributed by atoms with van der Waals surface area (Å²) in [7, 11) is -3.75. The normalized spacial score (nSPS) is 23.0. The number of ether oxygens (including phenoxy) is 1. The number of benzene rings is 2. The van der Waals surface area contributed by atoms with Crippen molar-refractivity contribution in [2.45, 2.75) is 28.2 Å². The predicted molar refractivity (Wildman–Crippen MR) is 82.9 cm³/mol. The molecule has 0 aliphatic carbocycles. The number of fused-ring (bicyclic) bond motifs is 3. The molecule has 4 rings (SSSR count). The summed E-state index contributed by atoms with van der Waals surface area (Å²) in [5, 5.41) is 3.39. The number of sulfone groups is 1. The van der Waals surface area contributed by atoms with Gasteiger partial charge in [-0.15, -0.1) is 0 Å². The van der Waals surface area contributed by atoms with E-state index < -0.39 is 15.7 Å². The summed E-state index contributed by atoms with van der Waals surface area (Å²) in [6, 6.07) is 10.3. The zero-order valence-electron chi connectivity index (χ0n) is 12.3. The van der Waals surface area contributed by atoms with Gasteiger partial charge in [-0.25, -0.2) is 12.8 Å². The van der Waals surface area contributed by atoms with Crippen LogP contribution in [-0.2, 0) is 9.84 Å². The highest BCUT2D eigenvalue weighted by molar-refractivity contribution is 7.91. The molecule has 23 heavy (non-hydrogen) atoms. The molecule has 2 aromatic carbocycles. The van der Waals surface area contributed by atoms with Crippen LogP contribution in [0.5, 0.6) is 5.75 Å². The second kappa shape index (κ2) is 5.32. The molecule has 4 nitrogen and oxygen atoms in total. The maximum Gasteiger partial charge on any atom is 0.206 e. The van der Waals surface area contributed by atoms with Crippen molar-refractivity contribution in [2.75, 3.05) is 13.2 Å². The zero-order chi connectivity index (χ0) is 16.0. The van der Waals surface area contributed by atoms with Crippen molar-refractivity contribution >= 4 is 9.84 Å². The van der Waals surface area contributed by atoms with E-state index >= 15 is 0 Å². The van der Waals surface area contributed by atoms with Gasteiger partial charge in [0.25, 0.3) is 0 Å². The Bertz CT molecular complexity index is 866. The van der Waals surface area contributed by atoms with Crippen LogP contribution in [0.1, 0.15) is 17.9 Å². The molecule has 6 heteroatoms. The van der Waals surface area contributed by atoms with E-state index in [-0.39, 0.29) is 9.79 Å². The van der Waals surface area contributed by atoms with Gasteiger partial charge in [-0.05, 0) is 48.9 Å². The molecule has 2 heterocycles. The zero-order valence-corrected chi connectivity index (χ0v) is 13.1. The third-order valence-corrected chi connectivity index (χ3v) is 6.32. The minimum atomic E-state index is -3.75. The van der Waals surface area contributed by atoms with Gasteiger partial charge in [0.2, 0.25) is 9.84 Å². The molecule has 0 spiro atoms. The largest absolute Gasteiger partial charge is 0.492 e. The number of hydrogen-bond acceptors (Lipinski definition) is 4. The molecule has 0 bridgehead atoms. The van der Waals surface area contributed by atoms with E-state index in [4.69, 9.17) is 4.74 Å². The summed E-state index contributed by atoms with van der Waals surface area (Å²) in [5.41, 5.74) is 1.05. The first-order valence-corrected chi connectivity index (χ1v) is 9.05. The van der Waals surface area contributed by atoms with E-state index in [0.717, 1.165) is 24.6 Å². The van der Waals surface area contributed by atoms with Gasteiger partial charge in [0.15, 0.2) is 0 Å². The van der Waals surface area contributed by atoms with Gasteiger partial charge >= 0.3 is 0 Å². The number of halogens is 1. The summed E-state index contributed by atoms with van der Waals surface area (Å²) in [6.45, 7) is 1.49. The fourth-order valence-corrected chi connectivity index (χ4v) is 4.68. The number of nitrogens with one attached hydrogen (secondary N) is 1. The predicted octanol–water partition coefficient (Wildman–Crippen LogP) is 2.50. The standard InChI is InChI=1S/C17H16FNO3S/c18-11-2-1-3-12(8-11)23(20,21)13-4-5-15-14-6-7-19-16(14)10-22-17(15)9-13/h1-5,8-9,14,16,19H,6-7,10H2. The summed E-state index contributed by atoms with van der Waals surface area (Å²) in [4.78, 5) is 0.0833. The lowest BCUT2D eigenvalue weighted by Gasteiger charge is -2.28. The Hall–Kier alpha value is -1.92. The third-order valence-electron chi connectivity index (χ3n) is 4.57. The van der Waals surface area contributed by atoms with Crippen LogP contribution in [0.15, 0.2) is 52.3 Å². The van der Waals surface area contributed by atoms with Crippen LogP contribution in [0.4, 0.5) is 4.39 Å². The lowest BCUT2D eigenvalue weighted by atomic mass is 9.90. The van der Waals surface area contributed by atoms with Crippen LogP contribution in [0, 0.1) is 5.82 Å². The van der Waals surface area contributed by atoms with E-state index in [9.17, 15) is 12.8 Å². The molecule has 1 N–H and O–H groups in total. The van der Waals surface area contributed by atoms with Crippen LogP contribution in [-0.4, -0.2) is 27.6 Å². The third kappa shape index (κ3) is 2.42. The molecule has 120 valence electrons. The first-order chi connectivity index (χ1) is 11.1. The summed E-state index contributed by atoms with van der Waals surface area (Å²) >= 11 is 0. The lowest BCUT2D eigenvalue weighted by Crippen LogP contribution is -2.35. The molecule has 2 aliphatic rings. The fourth-order valence-electron chi connectivity index (χ4n) is 3.38. The van der Waals surface area contributed by atoms with E-state index in [1.165, 1.54) is 18.2 Å². The second-order valence-corrected chi connectivity index (χ2v) is 7.88. The van der Waals surface area contributed by atoms with E-state index in [1.807, 2.05) is 6.07 Å². The van der Waals surface area contributed by atoms with E-state index in [1.54, 1.807) is 12.1 Å².